The zero-order valence-electron chi connectivity index (χ0n) is 13.7. The molecule has 3 rings (SSSR count). The first-order valence-electron chi connectivity index (χ1n) is 7.70. The number of halogens is 1. The molecule has 2 heterocycles. The lowest BCUT2D eigenvalue weighted by atomic mass is 10.2. The number of nitrogens with zero attached hydrogens (tertiary/aromatic N) is 5. The Labute approximate surface area is 153 Å². The summed E-state index contributed by atoms with van der Waals surface area (Å²) < 4.78 is 6.72. The number of fused-ring (bicyclic) bond motifs is 1. The summed E-state index contributed by atoms with van der Waals surface area (Å²) >= 11 is 7.19. The zero-order valence-corrected chi connectivity index (χ0v) is 15.3. The normalized spacial score (nSPS) is 12.3. The van der Waals surface area contributed by atoms with Gasteiger partial charge in [-0.3, -0.25) is 4.79 Å². The van der Waals surface area contributed by atoms with Crippen LogP contribution < -0.4 is 0 Å². The van der Waals surface area contributed by atoms with Crippen molar-refractivity contribution in [1.82, 2.24) is 25.0 Å². The molecule has 7 nitrogen and oxygen atoms in total. The van der Waals surface area contributed by atoms with Crippen LogP contribution in [0.2, 0.25) is 5.02 Å². The Morgan fingerprint density at radius 1 is 1.32 bits per heavy atom. The van der Waals surface area contributed by atoms with Gasteiger partial charge in [-0.05, 0) is 31.5 Å². The number of thioether (sulfide) groups is 1. The van der Waals surface area contributed by atoms with Crippen molar-refractivity contribution < 1.29 is 9.53 Å². The van der Waals surface area contributed by atoms with E-state index in [2.05, 4.69) is 20.3 Å². The van der Waals surface area contributed by atoms with E-state index in [4.69, 9.17) is 16.3 Å². The molecule has 1 atom stereocenters. The fraction of sp³-hybridized carbons (Fsp3) is 0.312. The Bertz CT molecular complexity index is 884. The first kappa shape index (κ1) is 17.6. The van der Waals surface area contributed by atoms with Gasteiger partial charge in [0.05, 0.1) is 13.2 Å². The molecule has 0 unspecified atom stereocenters. The SMILES string of the molecule is CCOC(=O)[C@@H](C)Sc1ncnc2c1nnn2Cc1ccc(Cl)cc1. The number of esters is 1. The molecule has 130 valence electrons. The number of rotatable bonds is 6. The molecular weight excluding hydrogens is 362 g/mol. The highest BCUT2D eigenvalue weighted by atomic mass is 35.5. The fourth-order valence-corrected chi connectivity index (χ4v) is 3.18. The lowest BCUT2D eigenvalue weighted by Gasteiger charge is -2.09. The maximum atomic E-state index is 11.8. The number of carbonyl (C=O) groups excluding carboxylic acids is 1. The van der Waals surface area contributed by atoms with Crippen molar-refractivity contribution in [2.24, 2.45) is 0 Å². The number of hydrogen-bond donors (Lipinski definition) is 0. The van der Waals surface area contributed by atoms with Crippen molar-refractivity contribution >= 4 is 40.5 Å². The van der Waals surface area contributed by atoms with Crippen molar-refractivity contribution in [3.05, 3.63) is 41.2 Å². The summed E-state index contributed by atoms with van der Waals surface area (Å²) in [5.41, 5.74) is 2.21. The van der Waals surface area contributed by atoms with E-state index in [1.54, 1.807) is 18.5 Å². The van der Waals surface area contributed by atoms with Crippen LogP contribution in [0.3, 0.4) is 0 Å². The molecular formula is C16H16ClN5O2S. The fourth-order valence-electron chi connectivity index (χ4n) is 2.20. The molecule has 0 amide bonds. The zero-order chi connectivity index (χ0) is 17.8. The third-order valence-electron chi connectivity index (χ3n) is 3.42. The predicted molar refractivity (Wildman–Crippen MR) is 95.6 cm³/mol. The number of aromatic nitrogens is 5. The average Bonchev–Trinajstić information content (AvgIpc) is 3.01. The molecule has 9 heteroatoms. The van der Waals surface area contributed by atoms with Gasteiger partial charge in [-0.2, -0.15) is 0 Å². The minimum absolute atomic E-state index is 0.284. The van der Waals surface area contributed by atoms with Gasteiger partial charge in [-0.1, -0.05) is 40.7 Å². The lowest BCUT2D eigenvalue weighted by Crippen LogP contribution is -2.16. The number of ether oxygens (including phenoxy) is 1. The van der Waals surface area contributed by atoms with Gasteiger partial charge in [-0.15, -0.1) is 5.10 Å². The summed E-state index contributed by atoms with van der Waals surface area (Å²) in [4.78, 5) is 20.3. The molecule has 0 fully saturated rings. The highest BCUT2D eigenvalue weighted by Crippen LogP contribution is 2.27. The van der Waals surface area contributed by atoms with Gasteiger partial charge in [0.1, 0.15) is 16.6 Å². The number of carbonyl (C=O) groups is 1. The van der Waals surface area contributed by atoms with E-state index in [0.717, 1.165) is 5.56 Å². The molecule has 2 aromatic heterocycles. The second kappa shape index (κ2) is 7.79. The molecule has 0 aliphatic rings. The molecule has 0 bridgehead atoms. The summed E-state index contributed by atoms with van der Waals surface area (Å²) in [6.45, 7) is 4.41. The Kier molecular flexibility index (Phi) is 5.50. The van der Waals surface area contributed by atoms with E-state index in [-0.39, 0.29) is 11.2 Å². The van der Waals surface area contributed by atoms with Crippen LogP contribution in [0.1, 0.15) is 19.4 Å². The van der Waals surface area contributed by atoms with E-state index in [0.29, 0.717) is 34.4 Å². The molecule has 25 heavy (non-hydrogen) atoms. The van der Waals surface area contributed by atoms with Gasteiger partial charge in [-0.25, -0.2) is 14.6 Å². The molecule has 0 radical (unpaired) electrons. The van der Waals surface area contributed by atoms with Crippen LogP contribution in [-0.4, -0.2) is 42.8 Å². The van der Waals surface area contributed by atoms with Gasteiger partial charge in [0, 0.05) is 5.02 Å². The van der Waals surface area contributed by atoms with Gasteiger partial charge in [0.15, 0.2) is 11.2 Å². The first-order valence-corrected chi connectivity index (χ1v) is 8.96. The van der Waals surface area contributed by atoms with Crippen molar-refractivity contribution in [3.63, 3.8) is 0 Å². The average molecular weight is 378 g/mol. The standard InChI is InChI=1S/C16H16ClN5O2S/c1-3-24-16(23)10(2)25-15-13-14(18-9-19-15)22(21-20-13)8-11-4-6-12(17)7-5-11/h4-7,9-10H,3,8H2,1-2H3/t10-/m1/s1. The lowest BCUT2D eigenvalue weighted by molar-refractivity contribution is -0.142. The van der Waals surface area contributed by atoms with E-state index >= 15 is 0 Å². The molecule has 0 aliphatic heterocycles. The molecule has 0 saturated carbocycles. The largest absolute Gasteiger partial charge is 0.465 e. The van der Waals surface area contributed by atoms with Crippen LogP contribution in [-0.2, 0) is 16.1 Å². The minimum Gasteiger partial charge on any atom is -0.465 e. The van der Waals surface area contributed by atoms with Crippen molar-refractivity contribution in [3.8, 4) is 0 Å². The molecule has 0 saturated heterocycles. The molecule has 0 spiro atoms. The highest BCUT2D eigenvalue weighted by Gasteiger charge is 2.20. The quantitative estimate of drug-likeness (QED) is 0.371. The minimum atomic E-state index is -0.389. The van der Waals surface area contributed by atoms with Crippen molar-refractivity contribution in [1.29, 1.82) is 0 Å². The maximum Gasteiger partial charge on any atom is 0.319 e. The van der Waals surface area contributed by atoms with Crippen LogP contribution in [0.4, 0.5) is 0 Å². The smallest absolute Gasteiger partial charge is 0.319 e. The summed E-state index contributed by atoms with van der Waals surface area (Å²) in [7, 11) is 0. The molecule has 3 aromatic rings. The monoisotopic (exact) mass is 377 g/mol. The van der Waals surface area contributed by atoms with Gasteiger partial charge < -0.3 is 4.74 Å². The Balaban J connectivity index is 1.84. The Hall–Kier alpha value is -2.19. The van der Waals surface area contributed by atoms with Gasteiger partial charge in [0.2, 0.25) is 0 Å². The summed E-state index contributed by atoms with van der Waals surface area (Å²) in [6, 6.07) is 7.51. The molecule has 1 aromatic carbocycles. The van der Waals surface area contributed by atoms with E-state index < -0.39 is 0 Å². The second-order valence-corrected chi connectivity index (χ2v) is 7.00. The summed E-state index contributed by atoms with van der Waals surface area (Å²) in [6.07, 6.45) is 1.45. The predicted octanol–water partition coefficient (Wildman–Crippen LogP) is 2.97. The van der Waals surface area contributed by atoms with Crippen LogP contribution in [0, 0.1) is 0 Å². The number of benzene rings is 1. The van der Waals surface area contributed by atoms with Crippen LogP contribution >= 0.6 is 23.4 Å². The molecule has 0 N–H and O–H groups in total. The van der Waals surface area contributed by atoms with Crippen LogP contribution in [0.15, 0.2) is 35.6 Å². The third kappa shape index (κ3) is 4.08. The van der Waals surface area contributed by atoms with E-state index in [1.807, 2.05) is 24.3 Å². The number of hydrogen-bond acceptors (Lipinski definition) is 7. The van der Waals surface area contributed by atoms with Crippen LogP contribution in [0.25, 0.3) is 11.2 Å². The third-order valence-corrected chi connectivity index (χ3v) is 4.74. The first-order chi connectivity index (χ1) is 12.1. The summed E-state index contributed by atoms with van der Waals surface area (Å²) in [5, 5.41) is 9.24. The van der Waals surface area contributed by atoms with E-state index in [1.165, 1.54) is 18.1 Å². The van der Waals surface area contributed by atoms with Gasteiger partial charge in [0.25, 0.3) is 0 Å². The topological polar surface area (TPSA) is 82.8 Å². The summed E-state index contributed by atoms with van der Waals surface area (Å²) in [5.74, 6) is -0.284. The molecule has 0 aliphatic carbocycles. The van der Waals surface area contributed by atoms with Gasteiger partial charge >= 0.3 is 5.97 Å². The Morgan fingerprint density at radius 2 is 2.08 bits per heavy atom. The highest BCUT2D eigenvalue weighted by molar-refractivity contribution is 8.00. The van der Waals surface area contributed by atoms with Crippen molar-refractivity contribution in [2.45, 2.75) is 30.7 Å². The maximum absolute atomic E-state index is 11.8. The van der Waals surface area contributed by atoms with E-state index in [9.17, 15) is 4.79 Å². The second-order valence-electron chi connectivity index (χ2n) is 5.24. The van der Waals surface area contributed by atoms with Crippen molar-refractivity contribution in [2.75, 3.05) is 6.61 Å². The Morgan fingerprint density at radius 3 is 2.80 bits per heavy atom. The van der Waals surface area contributed by atoms with Crippen LogP contribution in [0.5, 0.6) is 0 Å².